The molecule has 0 radical (unpaired) electrons. The van der Waals surface area contributed by atoms with Crippen molar-refractivity contribution in [1.29, 1.82) is 0 Å². The molecule has 164 valence electrons. The summed E-state index contributed by atoms with van der Waals surface area (Å²) in [6.45, 7) is 2.18. The maximum Gasteiger partial charge on any atom is 0.256 e. The number of likely N-dealkylation sites (tertiary alicyclic amines) is 1. The minimum absolute atomic E-state index is 0.0349. The fraction of sp³-hybridized carbons (Fsp3) is 0.385. The van der Waals surface area contributed by atoms with Crippen LogP contribution < -0.4 is 5.56 Å². The molecule has 1 amide bonds. The molecule has 1 saturated heterocycles. The first-order valence-electron chi connectivity index (χ1n) is 11.6. The second kappa shape index (κ2) is 9.07. The fourth-order valence-electron chi connectivity index (χ4n) is 5.11. The number of carbonyl (C=O) groups excluding carboxylic acids is 1. The van der Waals surface area contributed by atoms with Gasteiger partial charge in [0, 0.05) is 54.9 Å². The molecule has 6 heteroatoms. The molecule has 0 bridgehead atoms. The number of hydrogen-bond acceptors (Lipinski definition) is 4. The third kappa shape index (κ3) is 4.09. The molecule has 3 aromatic rings. The zero-order valence-corrected chi connectivity index (χ0v) is 18.2. The molecule has 0 atom stereocenters. The maximum absolute atomic E-state index is 13.8. The highest BCUT2D eigenvalue weighted by molar-refractivity contribution is 6.02. The smallest absolute Gasteiger partial charge is 0.256 e. The monoisotopic (exact) mass is 428 g/mol. The third-order valence-corrected chi connectivity index (χ3v) is 6.82. The lowest BCUT2D eigenvalue weighted by molar-refractivity contribution is 0.0688. The van der Waals surface area contributed by atoms with Crippen molar-refractivity contribution in [3.63, 3.8) is 0 Å². The number of nitrogens with zero attached hydrogens (tertiary/aromatic N) is 4. The quantitative estimate of drug-likeness (QED) is 0.635. The van der Waals surface area contributed by atoms with E-state index >= 15 is 0 Å². The Morgan fingerprint density at radius 1 is 1.00 bits per heavy atom. The Morgan fingerprint density at radius 2 is 1.75 bits per heavy atom. The molecular weight excluding hydrogens is 400 g/mol. The third-order valence-electron chi connectivity index (χ3n) is 6.82. The summed E-state index contributed by atoms with van der Waals surface area (Å²) >= 11 is 0. The van der Waals surface area contributed by atoms with E-state index in [0.717, 1.165) is 62.9 Å². The van der Waals surface area contributed by atoms with E-state index in [2.05, 4.69) is 34.2 Å². The molecular formula is C26H28N4O2. The Morgan fingerprint density at radius 3 is 2.50 bits per heavy atom. The molecule has 2 aliphatic rings. The zero-order valence-electron chi connectivity index (χ0n) is 18.2. The van der Waals surface area contributed by atoms with Gasteiger partial charge in [-0.2, -0.15) is 0 Å². The normalized spacial score (nSPS) is 16.6. The first kappa shape index (κ1) is 20.6. The lowest BCUT2D eigenvalue weighted by Gasteiger charge is -2.34. The van der Waals surface area contributed by atoms with Crippen LogP contribution in [0, 0.1) is 5.92 Å². The van der Waals surface area contributed by atoms with Crippen LogP contribution >= 0.6 is 0 Å². The van der Waals surface area contributed by atoms with E-state index in [0.29, 0.717) is 23.6 Å². The van der Waals surface area contributed by atoms with Gasteiger partial charge in [-0.15, -0.1) is 0 Å². The number of fused-ring (bicyclic) bond motifs is 1. The van der Waals surface area contributed by atoms with Gasteiger partial charge in [-0.25, -0.2) is 9.97 Å². The summed E-state index contributed by atoms with van der Waals surface area (Å²) in [6, 6.07) is 12.2. The van der Waals surface area contributed by atoms with Crippen molar-refractivity contribution in [3.8, 4) is 11.1 Å². The molecule has 1 aromatic carbocycles. The van der Waals surface area contributed by atoms with Gasteiger partial charge in [0.15, 0.2) is 0 Å². The summed E-state index contributed by atoms with van der Waals surface area (Å²) < 4.78 is 1.80. The van der Waals surface area contributed by atoms with E-state index in [1.165, 1.54) is 11.9 Å². The molecule has 0 aliphatic carbocycles. The topological polar surface area (TPSA) is 68.1 Å². The van der Waals surface area contributed by atoms with Crippen LogP contribution in [0.2, 0.25) is 0 Å². The lowest BCUT2D eigenvalue weighted by Crippen LogP contribution is -2.41. The van der Waals surface area contributed by atoms with Crippen LogP contribution in [0.15, 0.2) is 59.9 Å². The molecule has 2 aromatic heterocycles. The van der Waals surface area contributed by atoms with Crippen LogP contribution in [-0.4, -0.2) is 38.4 Å². The van der Waals surface area contributed by atoms with Gasteiger partial charge >= 0.3 is 0 Å². The van der Waals surface area contributed by atoms with Crippen molar-refractivity contribution < 1.29 is 4.79 Å². The zero-order chi connectivity index (χ0) is 21.9. The van der Waals surface area contributed by atoms with Crippen molar-refractivity contribution >= 4 is 5.91 Å². The number of benzene rings is 1. The van der Waals surface area contributed by atoms with Gasteiger partial charge in [0.25, 0.3) is 11.5 Å². The summed E-state index contributed by atoms with van der Waals surface area (Å²) in [4.78, 5) is 36.9. The van der Waals surface area contributed by atoms with Gasteiger partial charge in [-0.3, -0.25) is 9.59 Å². The summed E-state index contributed by atoms with van der Waals surface area (Å²) in [6.07, 6.45) is 10.6. The Kier molecular flexibility index (Phi) is 5.84. The highest BCUT2D eigenvalue weighted by atomic mass is 16.2. The van der Waals surface area contributed by atoms with Crippen LogP contribution in [0.4, 0.5) is 0 Å². The Labute approximate surface area is 188 Å². The Balaban J connectivity index is 1.43. The van der Waals surface area contributed by atoms with Crippen molar-refractivity contribution in [2.24, 2.45) is 5.92 Å². The largest absolute Gasteiger partial charge is 0.339 e. The predicted octanol–water partition coefficient (Wildman–Crippen LogP) is 3.74. The van der Waals surface area contributed by atoms with Crippen LogP contribution in [0.3, 0.4) is 0 Å². The minimum atomic E-state index is -0.0447. The molecule has 0 N–H and O–H groups in total. The molecule has 5 rings (SSSR count). The van der Waals surface area contributed by atoms with Crippen molar-refractivity contribution in [2.45, 2.75) is 45.1 Å². The van der Waals surface area contributed by atoms with Gasteiger partial charge in [-0.1, -0.05) is 30.3 Å². The van der Waals surface area contributed by atoms with E-state index in [9.17, 15) is 9.59 Å². The number of piperidine rings is 1. The standard InChI is InChI=1S/C26H28N4O2/c31-24-15-22(21-16-27-18-28-17-21)25(23-8-4-5-11-30(23)24)26(32)29-12-9-20(10-13-29)14-19-6-2-1-3-7-19/h1-3,6-7,15-18,20H,4-5,8-14H2. The predicted molar refractivity (Wildman–Crippen MR) is 123 cm³/mol. The van der Waals surface area contributed by atoms with E-state index < -0.39 is 0 Å². The first-order valence-corrected chi connectivity index (χ1v) is 11.6. The van der Waals surface area contributed by atoms with Gasteiger partial charge in [0.1, 0.15) is 6.33 Å². The lowest BCUT2D eigenvalue weighted by atomic mass is 9.89. The van der Waals surface area contributed by atoms with Crippen molar-refractivity contribution in [3.05, 3.63) is 82.3 Å². The number of amides is 1. The second-order valence-electron chi connectivity index (χ2n) is 8.88. The first-order chi connectivity index (χ1) is 15.7. The molecule has 0 unspecified atom stereocenters. The van der Waals surface area contributed by atoms with Crippen LogP contribution in [0.1, 0.15) is 47.3 Å². The average Bonchev–Trinajstić information content (AvgIpc) is 2.85. The molecule has 0 spiro atoms. The maximum atomic E-state index is 13.8. The molecule has 4 heterocycles. The second-order valence-corrected chi connectivity index (χ2v) is 8.88. The number of rotatable bonds is 4. The van der Waals surface area contributed by atoms with E-state index in [-0.39, 0.29) is 11.5 Å². The molecule has 32 heavy (non-hydrogen) atoms. The Hall–Kier alpha value is -3.28. The molecule has 1 fully saturated rings. The van der Waals surface area contributed by atoms with Crippen LogP contribution in [0.5, 0.6) is 0 Å². The van der Waals surface area contributed by atoms with Gasteiger partial charge in [-0.05, 0) is 50.0 Å². The summed E-state index contributed by atoms with van der Waals surface area (Å²) in [5.74, 6) is 0.628. The SMILES string of the molecule is O=C(c1c(-c2cncnc2)cc(=O)n2c1CCCC2)N1CCC(Cc2ccccc2)CC1. The van der Waals surface area contributed by atoms with Crippen molar-refractivity contribution in [1.82, 2.24) is 19.4 Å². The van der Waals surface area contributed by atoms with Crippen LogP contribution in [-0.2, 0) is 19.4 Å². The highest BCUT2D eigenvalue weighted by Gasteiger charge is 2.30. The summed E-state index contributed by atoms with van der Waals surface area (Å²) in [5, 5.41) is 0. The van der Waals surface area contributed by atoms with Gasteiger partial charge in [0.05, 0.1) is 5.56 Å². The van der Waals surface area contributed by atoms with E-state index in [1.807, 2.05) is 11.0 Å². The van der Waals surface area contributed by atoms with Crippen molar-refractivity contribution in [2.75, 3.05) is 13.1 Å². The molecule has 0 saturated carbocycles. The number of carbonyl (C=O) groups is 1. The van der Waals surface area contributed by atoms with Crippen LogP contribution in [0.25, 0.3) is 11.1 Å². The van der Waals surface area contributed by atoms with E-state index in [4.69, 9.17) is 0 Å². The van der Waals surface area contributed by atoms with Gasteiger partial charge < -0.3 is 9.47 Å². The number of pyridine rings is 1. The molecule has 2 aliphatic heterocycles. The number of hydrogen-bond donors (Lipinski definition) is 0. The van der Waals surface area contributed by atoms with Gasteiger partial charge in [0.2, 0.25) is 0 Å². The fourth-order valence-corrected chi connectivity index (χ4v) is 5.11. The summed E-state index contributed by atoms with van der Waals surface area (Å²) in [5.41, 5.74) is 4.25. The molecule has 6 nitrogen and oxygen atoms in total. The Bertz CT molecular complexity index is 1150. The number of aromatic nitrogens is 3. The highest BCUT2D eigenvalue weighted by Crippen LogP contribution is 2.30. The minimum Gasteiger partial charge on any atom is -0.339 e. The summed E-state index contributed by atoms with van der Waals surface area (Å²) in [7, 11) is 0. The van der Waals surface area contributed by atoms with E-state index in [1.54, 1.807) is 23.0 Å². The average molecular weight is 429 g/mol.